The first-order valence-corrected chi connectivity index (χ1v) is 19.2. The molecule has 1 heterocycles. The normalized spacial score (nSPS) is 20.1. The molecule has 1 fully saturated rings. The van der Waals surface area contributed by atoms with Crippen LogP contribution in [0.25, 0.3) is 0 Å². The number of sulfonamides is 1. The molecule has 1 aliphatic carbocycles. The second kappa shape index (κ2) is 16.3. The molecule has 2 aliphatic rings. The number of hydrogen-bond donors (Lipinski definition) is 2. The highest BCUT2D eigenvalue weighted by molar-refractivity contribution is 7.88. The third-order valence-corrected chi connectivity index (χ3v) is 10.4. The quantitative estimate of drug-likeness (QED) is 0.131. The lowest BCUT2D eigenvalue weighted by molar-refractivity contribution is -0.138. The maximum atomic E-state index is 14.7. The molecule has 1 saturated carbocycles. The maximum absolute atomic E-state index is 14.7. The van der Waals surface area contributed by atoms with Crippen LogP contribution in [0.4, 0.5) is 0 Å². The van der Waals surface area contributed by atoms with Crippen molar-refractivity contribution in [2.24, 2.45) is 0 Å². The number of esters is 1. The fourth-order valence-electron chi connectivity index (χ4n) is 7.09. The first kappa shape index (κ1) is 37.0. The molecule has 2 amide bonds. The van der Waals surface area contributed by atoms with Crippen LogP contribution in [0.1, 0.15) is 80.6 Å². The second-order valence-electron chi connectivity index (χ2n) is 13.0. The zero-order valence-electron chi connectivity index (χ0n) is 28.8. The van der Waals surface area contributed by atoms with Gasteiger partial charge in [0.1, 0.15) is 12.4 Å². The smallest absolute Gasteiger partial charge is 0.337 e. The van der Waals surface area contributed by atoms with E-state index in [0.717, 1.165) is 24.7 Å². The van der Waals surface area contributed by atoms with Gasteiger partial charge in [-0.2, -0.15) is 0 Å². The fourth-order valence-corrected chi connectivity index (χ4v) is 8.04. The van der Waals surface area contributed by atoms with E-state index >= 15 is 0 Å². The number of benzene rings is 4. The zero-order chi connectivity index (χ0) is 36.8. The Hall–Kier alpha value is -4.75. The molecule has 4 atom stereocenters. The molecule has 4 aromatic carbocycles. The Morgan fingerprint density at radius 2 is 1.62 bits per heavy atom. The highest BCUT2D eigenvalue weighted by atomic mass is 35.5. The van der Waals surface area contributed by atoms with Crippen molar-refractivity contribution in [1.29, 1.82) is 0 Å². The summed E-state index contributed by atoms with van der Waals surface area (Å²) in [6.07, 6.45) is 3.71. The average Bonchev–Trinajstić information content (AvgIpc) is 3.14. The van der Waals surface area contributed by atoms with Gasteiger partial charge in [0.2, 0.25) is 10.0 Å². The minimum absolute atomic E-state index is 0.0619. The molecule has 2 N–H and O–H groups in total. The van der Waals surface area contributed by atoms with E-state index in [0.29, 0.717) is 51.4 Å². The molecule has 0 saturated heterocycles. The Morgan fingerprint density at radius 1 is 0.885 bits per heavy atom. The van der Waals surface area contributed by atoms with Gasteiger partial charge < -0.3 is 14.4 Å². The summed E-state index contributed by atoms with van der Waals surface area (Å²) in [4.78, 5) is 48.8. The number of rotatable bonds is 12. The Labute approximate surface area is 308 Å². The summed E-state index contributed by atoms with van der Waals surface area (Å²) in [5.74, 6) is -1.92. The van der Waals surface area contributed by atoms with Crippen molar-refractivity contribution in [3.63, 3.8) is 0 Å². The Morgan fingerprint density at radius 3 is 2.35 bits per heavy atom. The van der Waals surface area contributed by atoms with Crippen LogP contribution in [0.5, 0.6) is 5.75 Å². The third kappa shape index (κ3) is 8.64. The molecule has 1 aliphatic heterocycles. The van der Waals surface area contributed by atoms with Crippen LogP contribution >= 0.6 is 11.6 Å². The van der Waals surface area contributed by atoms with Crippen molar-refractivity contribution in [2.75, 3.05) is 13.4 Å². The van der Waals surface area contributed by atoms with E-state index in [-0.39, 0.29) is 19.1 Å². The van der Waals surface area contributed by atoms with Crippen molar-refractivity contribution in [3.8, 4) is 5.75 Å². The van der Waals surface area contributed by atoms with Gasteiger partial charge >= 0.3 is 5.97 Å². The Kier molecular flexibility index (Phi) is 11.6. The van der Waals surface area contributed by atoms with Gasteiger partial charge in [0, 0.05) is 22.7 Å². The number of fused-ring (bicyclic) bond motifs is 1. The fraction of sp³-hybridized carbons (Fsp3) is 0.308. The van der Waals surface area contributed by atoms with E-state index in [2.05, 4.69) is 10.2 Å². The largest absolute Gasteiger partial charge is 0.489 e. The van der Waals surface area contributed by atoms with Crippen molar-refractivity contribution >= 4 is 39.4 Å². The molecule has 0 bridgehead atoms. The standard InChI is InChI=1S/C39H40ClN3O8S/c1-49-39(46)28-12-8-11-26(21-28)24-51-41-37(44)35-32-22-30(50-23-25-9-4-3-5-10-25)19-20-31(32)38(45)43(36(35)27-15-17-29(40)18-16-27)34-14-7-6-13-33(34)42-52(2,47)48/h3-5,8-12,15-22,33-36,42H,6-7,13-14,23-24H2,1-2H3,(H,41,44)/t33-,34-,35+,36-/m0/s1. The number of nitrogens with one attached hydrogen (secondary N) is 2. The van der Waals surface area contributed by atoms with Gasteiger partial charge in [-0.05, 0) is 77.6 Å². The van der Waals surface area contributed by atoms with Crippen LogP contribution in [0.2, 0.25) is 5.02 Å². The number of amides is 2. The molecule has 4 aromatic rings. The third-order valence-electron chi connectivity index (χ3n) is 9.39. The number of hydrogen-bond acceptors (Lipinski definition) is 8. The molecule has 13 heteroatoms. The van der Waals surface area contributed by atoms with E-state index in [9.17, 15) is 22.8 Å². The van der Waals surface area contributed by atoms with Gasteiger partial charge in [-0.25, -0.2) is 23.4 Å². The summed E-state index contributed by atoms with van der Waals surface area (Å²) in [5, 5.41) is 0.474. The average molecular weight is 746 g/mol. The maximum Gasteiger partial charge on any atom is 0.337 e. The van der Waals surface area contributed by atoms with Crippen LogP contribution < -0.4 is 14.9 Å². The van der Waals surface area contributed by atoms with Crippen molar-refractivity contribution in [3.05, 3.63) is 135 Å². The molecule has 52 heavy (non-hydrogen) atoms. The van der Waals surface area contributed by atoms with E-state index in [1.807, 2.05) is 30.3 Å². The molecule has 0 spiro atoms. The molecule has 0 unspecified atom stereocenters. The summed E-state index contributed by atoms with van der Waals surface area (Å²) >= 11 is 6.31. The first-order chi connectivity index (χ1) is 25.0. The monoisotopic (exact) mass is 745 g/mol. The number of nitrogens with zero attached hydrogens (tertiary/aromatic N) is 1. The molecule has 0 radical (unpaired) electrons. The van der Waals surface area contributed by atoms with E-state index in [1.54, 1.807) is 71.6 Å². The van der Waals surface area contributed by atoms with E-state index in [1.165, 1.54) is 7.11 Å². The number of ether oxygens (including phenoxy) is 2. The van der Waals surface area contributed by atoms with Gasteiger partial charge in [0.25, 0.3) is 11.8 Å². The van der Waals surface area contributed by atoms with Crippen molar-refractivity contribution in [2.45, 2.75) is 62.9 Å². The summed E-state index contributed by atoms with van der Waals surface area (Å²) in [6.45, 7) is 0.208. The summed E-state index contributed by atoms with van der Waals surface area (Å²) in [7, 11) is -2.33. The van der Waals surface area contributed by atoms with Crippen LogP contribution in [-0.2, 0) is 37.6 Å². The minimum atomic E-state index is -3.62. The van der Waals surface area contributed by atoms with Gasteiger partial charge in [0.15, 0.2) is 0 Å². The highest BCUT2D eigenvalue weighted by Gasteiger charge is 2.49. The highest BCUT2D eigenvalue weighted by Crippen LogP contribution is 2.47. The number of hydroxylamine groups is 1. The second-order valence-corrected chi connectivity index (χ2v) is 15.2. The summed E-state index contributed by atoms with van der Waals surface area (Å²) < 4.78 is 38.8. The van der Waals surface area contributed by atoms with Gasteiger partial charge in [0.05, 0.1) is 37.5 Å². The van der Waals surface area contributed by atoms with Crippen molar-refractivity contribution in [1.82, 2.24) is 15.1 Å². The number of methoxy groups -OCH3 is 1. The van der Waals surface area contributed by atoms with Gasteiger partial charge in [-0.3, -0.25) is 14.4 Å². The number of carbonyl (C=O) groups is 3. The SMILES string of the molecule is COC(=O)c1cccc(CONC(=O)[C@@H]2c3cc(OCc4ccccc4)ccc3C(=O)N([C@H]3CCCC[C@@H]3NS(C)(=O)=O)[C@H]2c2ccc(Cl)cc2)c1. The summed E-state index contributed by atoms with van der Waals surface area (Å²) in [5.41, 5.74) is 5.87. The number of halogens is 1. The molecular weight excluding hydrogens is 706 g/mol. The molecule has 0 aromatic heterocycles. The van der Waals surface area contributed by atoms with Crippen LogP contribution in [0.15, 0.2) is 97.1 Å². The predicted molar refractivity (Wildman–Crippen MR) is 195 cm³/mol. The molecular formula is C39H40ClN3O8S. The zero-order valence-corrected chi connectivity index (χ0v) is 30.4. The van der Waals surface area contributed by atoms with E-state index < -0.39 is 45.9 Å². The van der Waals surface area contributed by atoms with Crippen LogP contribution in [-0.4, -0.2) is 56.6 Å². The Balaban J connectivity index is 1.41. The van der Waals surface area contributed by atoms with Gasteiger partial charge in [-0.1, -0.05) is 79.0 Å². The van der Waals surface area contributed by atoms with Crippen LogP contribution in [0, 0.1) is 0 Å². The first-order valence-electron chi connectivity index (χ1n) is 17.0. The Bertz CT molecular complexity index is 2030. The summed E-state index contributed by atoms with van der Waals surface area (Å²) in [6, 6.07) is 26.3. The lowest BCUT2D eigenvalue weighted by Crippen LogP contribution is -2.59. The lowest BCUT2D eigenvalue weighted by atomic mass is 9.76. The number of carbonyl (C=O) groups excluding carboxylic acids is 3. The minimum Gasteiger partial charge on any atom is -0.489 e. The van der Waals surface area contributed by atoms with Crippen molar-refractivity contribution < 1.29 is 37.1 Å². The van der Waals surface area contributed by atoms with Gasteiger partial charge in [-0.15, -0.1) is 0 Å². The molecule has 272 valence electrons. The molecule has 11 nitrogen and oxygen atoms in total. The van der Waals surface area contributed by atoms with E-state index in [4.69, 9.17) is 25.9 Å². The van der Waals surface area contributed by atoms with Crippen LogP contribution in [0.3, 0.4) is 0 Å². The molecule has 6 rings (SSSR count). The topological polar surface area (TPSA) is 140 Å². The lowest BCUT2D eigenvalue weighted by Gasteiger charge is -2.49. The predicted octanol–water partition coefficient (Wildman–Crippen LogP) is 6.09.